The van der Waals surface area contributed by atoms with Crippen molar-refractivity contribution in [2.45, 2.75) is 13.8 Å². The van der Waals surface area contributed by atoms with E-state index in [0.29, 0.717) is 11.0 Å². The van der Waals surface area contributed by atoms with Gasteiger partial charge in [0, 0.05) is 33.0 Å². The molecule has 0 aliphatic heterocycles. The fourth-order valence-electron chi connectivity index (χ4n) is 5.67. The molecule has 0 aliphatic carbocycles. The van der Waals surface area contributed by atoms with E-state index in [9.17, 15) is 42.6 Å². The molecular formula is C40H25F3N4O6S4. The van der Waals surface area contributed by atoms with Gasteiger partial charge in [-0.25, -0.2) is 32.7 Å². The van der Waals surface area contributed by atoms with E-state index in [4.69, 9.17) is 0 Å². The maximum absolute atomic E-state index is 14.4. The molecule has 0 saturated heterocycles. The number of carbonyl (C=O) groups excluding carboxylic acids is 2. The third kappa shape index (κ3) is 7.90. The van der Waals surface area contributed by atoms with E-state index in [1.165, 1.54) is 64.6 Å². The molecule has 0 atom stereocenters. The van der Waals surface area contributed by atoms with Crippen LogP contribution in [0.2, 0.25) is 0 Å². The van der Waals surface area contributed by atoms with Crippen molar-refractivity contribution in [3.63, 3.8) is 0 Å². The van der Waals surface area contributed by atoms with Gasteiger partial charge in [-0.2, -0.15) is 0 Å². The molecule has 2 amide bonds. The summed E-state index contributed by atoms with van der Waals surface area (Å²) in [5, 5.41) is 27.9. The lowest BCUT2D eigenvalue weighted by atomic mass is 10.0. The third-order valence-corrected chi connectivity index (χ3v) is 12.3. The molecule has 286 valence electrons. The van der Waals surface area contributed by atoms with E-state index < -0.39 is 41.2 Å². The number of hydrogen-bond acceptors (Lipinski definition) is 10. The number of benzene rings is 4. The Kier molecular flexibility index (Phi) is 11.0. The summed E-state index contributed by atoms with van der Waals surface area (Å²) in [6, 6.07) is 21.8. The van der Waals surface area contributed by atoms with Gasteiger partial charge in [0.05, 0.1) is 20.4 Å². The molecule has 0 aliphatic rings. The zero-order valence-corrected chi connectivity index (χ0v) is 32.6. The van der Waals surface area contributed by atoms with E-state index >= 15 is 0 Å². The normalized spacial score (nSPS) is 11.0. The number of carboxylic acid groups (broad SMARTS) is 2. The van der Waals surface area contributed by atoms with Crippen molar-refractivity contribution < 1.29 is 42.6 Å². The summed E-state index contributed by atoms with van der Waals surface area (Å²) in [5.41, 5.74) is 2.00. The van der Waals surface area contributed by atoms with Gasteiger partial charge in [0.15, 0.2) is 21.6 Å². The number of nitrogens with zero attached hydrogens (tertiary/aromatic N) is 2. The van der Waals surface area contributed by atoms with Gasteiger partial charge in [0.25, 0.3) is 11.8 Å². The van der Waals surface area contributed by atoms with E-state index in [0.717, 1.165) is 37.6 Å². The van der Waals surface area contributed by atoms with Crippen LogP contribution < -0.4 is 10.6 Å². The number of amides is 2. The Balaban J connectivity index is 0.000000174. The number of carbonyl (C=O) groups is 4. The van der Waals surface area contributed by atoms with Gasteiger partial charge in [0.1, 0.15) is 26.9 Å². The van der Waals surface area contributed by atoms with Crippen LogP contribution in [0, 0.1) is 31.3 Å². The number of para-hydroxylation sites is 2. The van der Waals surface area contributed by atoms with Crippen LogP contribution >= 0.6 is 45.3 Å². The second-order valence-electron chi connectivity index (χ2n) is 12.2. The van der Waals surface area contributed by atoms with Gasteiger partial charge in [-0.1, -0.05) is 48.5 Å². The van der Waals surface area contributed by atoms with Crippen molar-refractivity contribution in [3.05, 3.63) is 139 Å². The summed E-state index contributed by atoms with van der Waals surface area (Å²) in [6.45, 7) is 3.17. The zero-order valence-electron chi connectivity index (χ0n) is 29.3. The number of halogens is 3. The first-order valence-electron chi connectivity index (χ1n) is 16.6. The number of nitrogens with one attached hydrogen (secondary N) is 2. The lowest BCUT2D eigenvalue weighted by Gasteiger charge is -2.07. The number of thiophene rings is 2. The van der Waals surface area contributed by atoms with Gasteiger partial charge in [0.2, 0.25) is 0 Å². The van der Waals surface area contributed by atoms with E-state index in [2.05, 4.69) is 20.6 Å². The maximum atomic E-state index is 14.4. The SMILES string of the molecule is Cc1ccc(-c2csc(NC(=O)c3nc4ccccc4s3)c2C(=O)O)c(F)c1.Cc1ccc(-c2csc(NC(=O)c3nc4ccccc4s3)c2C(=O)O)c(F)c1F. The number of fused-ring (bicyclic) bond motifs is 2. The van der Waals surface area contributed by atoms with E-state index in [1.54, 1.807) is 31.2 Å². The van der Waals surface area contributed by atoms with Gasteiger partial charge >= 0.3 is 11.9 Å². The monoisotopic (exact) mass is 842 g/mol. The Hall–Kier alpha value is -6.27. The second kappa shape index (κ2) is 16.1. The summed E-state index contributed by atoms with van der Waals surface area (Å²) in [6.07, 6.45) is 0. The lowest BCUT2D eigenvalue weighted by Crippen LogP contribution is -2.13. The smallest absolute Gasteiger partial charge is 0.339 e. The molecule has 4 aromatic carbocycles. The van der Waals surface area contributed by atoms with Crippen LogP contribution in [0.25, 0.3) is 42.7 Å². The molecule has 0 spiro atoms. The third-order valence-electron chi connectivity index (χ3n) is 8.42. The molecule has 0 unspecified atom stereocenters. The van der Waals surface area contributed by atoms with E-state index in [1.807, 2.05) is 30.3 Å². The molecule has 4 N–H and O–H groups in total. The number of thiazole rings is 2. The van der Waals surface area contributed by atoms with Gasteiger partial charge in [-0.05, 0) is 55.3 Å². The van der Waals surface area contributed by atoms with Crippen molar-refractivity contribution in [1.29, 1.82) is 0 Å². The zero-order chi connectivity index (χ0) is 40.5. The molecule has 4 aromatic heterocycles. The summed E-state index contributed by atoms with van der Waals surface area (Å²) >= 11 is 4.36. The lowest BCUT2D eigenvalue weighted by molar-refractivity contribution is 0.0688. The minimum absolute atomic E-state index is 0.00139. The van der Waals surface area contributed by atoms with Crippen LogP contribution in [-0.2, 0) is 0 Å². The van der Waals surface area contributed by atoms with Crippen LogP contribution in [0.3, 0.4) is 0 Å². The summed E-state index contributed by atoms with van der Waals surface area (Å²) < 4.78 is 44.4. The van der Waals surface area contributed by atoms with E-state index in [-0.39, 0.29) is 59.0 Å². The molecular weight excluding hydrogens is 818 g/mol. The average Bonchev–Trinajstić information content (AvgIpc) is 3.99. The van der Waals surface area contributed by atoms with Crippen LogP contribution in [0.1, 0.15) is 51.4 Å². The number of aromatic carboxylic acids is 2. The standard InChI is InChI=1S/C20H12F2N2O3S2.C20H13FN2O3S2/c1-9-6-7-10(16(22)15(9)21)11-8-28-18(14(11)20(26)27)24-17(25)19-23-12-4-2-3-5-13(12)29-19;1-10-6-7-11(13(21)8-10)12-9-27-18(16(12)20(25)26)23-17(24)19-22-14-4-2-3-5-15(14)28-19/h2-8H,1H3,(H,24,25)(H,26,27);2-9H,1H3,(H,23,24)(H,25,26). The molecule has 0 radical (unpaired) electrons. The largest absolute Gasteiger partial charge is 0.478 e. The maximum Gasteiger partial charge on any atom is 0.339 e. The molecule has 0 fully saturated rings. The van der Waals surface area contributed by atoms with Crippen LogP contribution in [0.5, 0.6) is 0 Å². The van der Waals surface area contributed by atoms with Gasteiger partial charge in [-0.3, -0.25) is 9.59 Å². The number of aryl methyl sites for hydroxylation is 2. The first-order valence-corrected chi connectivity index (χ1v) is 19.9. The Morgan fingerprint density at radius 3 is 1.54 bits per heavy atom. The van der Waals surface area contributed by atoms with Crippen LogP contribution in [-0.4, -0.2) is 43.9 Å². The van der Waals surface area contributed by atoms with Crippen molar-refractivity contribution in [3.8, 4) is 22.3 Å². The molecule has 0 bridgehead atoms. The Labute approximate surface area is 336 Å². The Morgan fingerprint density at radius 1 is 0.596 bits per heavy atom. The van der Waals surface area contributed by atoms with Crippen LogP contribution in [0.4, 0.5) is 23.2 Å². The van der Waals surface area contributed by atoms with Gasteiger partial charge in [-0.15, -0.1) is 45.3 Å². The van der Waals surface area contributed by atoms with Crippen molar-refractivity contribution >= 4 is 99.5 Å². The quantitative estimate of drug-likeness (QED) is 0.118. The fourth-order valence-corrected chi connectivity index (χ4v) is 9.28. The number of anilines is 2. The molecule has 4 heterocycles. The predicted octanol–water partition coefficient (Wildman–Crippen LogP) is 11.0. The predicted molar refractivity (Wildman–Crippen MR) is 218 cm³/mol. The summed E-state index contributed by atoms with van der Waals surface area (Å²) in [4.78, 5) is 57.4. The Morgan fingerprint density at radius 2 is 1.07 bits per heavy atom. The van der Waals surface area contributed by atoms with Crippen molar-refractivity contribution in [2.75, 3.05) is 10.6 Å². The second-order valence-corrected chi connectivity index (χ2v) is 16.1. The topological polar surface area (TPSA) is 159 Å². The number of aromatic nitrogens is 2. The molecule has 8 aromatic rings. The first-order chi connectivity index (χ1) is 27.3. The highest BCUT2D eigenvalue weighted by Crippen LogP contribution is 2.39. The molecule has 57 heavy (non-hydrogen) atoms. The highest BCUT2D eigenvalue weighted by molar-refractivity contribution is 7.21. The van der Waals surface area contributed by atoms with Crippen LogP contribution in [0.15, 0.2) is 89.6 Å². The number of rotatable bonds is 8. The average molecular weight is 843 g/mol. The number of hydrogen-bond donors (Lipinski definition) is 4. The van der Waals surface area contributed by atoms with Crippen molar-refractivity contribution in [2.24, 2.45) is 0 Å². The highest BCUT2D eigenvalue weighted by Gasteiger charge is 2.26. The minimum atomic E-state index is -1.36. The minimum Gasteiger partial charge on any atom is -0.478 e. The molecule has 17 heteroatoms. The number of carboxylic acids is 2. The molecule has 10 nitrogen and oxygen atoms in total. The van der Waals surface area contributed by atoms with Gasteiger partial charge < -0.3 is 20.8 Å². The fraction of sp³-hybridized carbons (Fsp3) is 0.0500. The van der Waals surface area contributed by atoms with Crippen molar-refractivity contribution in [1.82, 2.24) is 9.97 Å². The highest BCUT2D eigenvalue weighted by atomic mass is 32.1. The molecule has 8 rings (SSSR count). The Bertz CT molecular complexity index is 2830. The summed E-state index contributed by atoms with van der Waals surface area (Å²) in [7, 11) is 0. The summed E-state index contributed by atoms with van der Waals surface area (Å²) in [5.74, 6) is -6.35. The molecule has 0 saturated carbocycles. The first kappa shape index (κ1) is 39.0.